The summed E-state index contributed by atoms with van der Waals surface area (Å²) in [6.45, 7) is 0. The van der Waals surface area contributed by atoms with Crippen LogP contribution in [0.5, 0.6) is 0 Å². The molecule has 0 bridgehead atoms. The molecule has 6 nitrogen and oxygen atoms in total. The predicted molar refractivity (Wildman–Crippen MR) is 36.2 cm³/mol. The minimum atomic E-state index is -0.822. The maximum Gasteiger partial charge on any atom is 0.261 e. The lowest BCUT2D eigenvalue weighted by Gasteiger charge is -2.09. The third kappa shape index (κ3) is 0.960. The molecule has 1 heterocycles. The molecule has 6 N–H and O–H groups in total. The van der Waals surface area contributed by atoms with Gasteiger partial charge in [0.15, 0.2) is 18.0 Å². The molecule has 0 amide bonds. The first-order valence-electron chi connectivity index (χ1n) is 2.58. The van der Waals surface area contributed by atoms with E-state index in [0.29, 0.717) is 0 Å². The monoisotopic (exact) mass is 141 g/mol. The van der Waals surface area contributed by atoms with Gasteiger partial charge in [-0.15, -0.1) is 0 Å². The Morgan fingerprint density at radius 2 is 1.60 bits per heavy atom. The van der Waals surface area contributed by atoms with E-state index in [-0.39, 0.29) is 11.7 Å². The van der Waals surface area contributed by atoms with Crippen molar-refractivity contribution in [2.45, 2.75) is 6.29 Å². The first kappa shape index (κ1) is 6.69. The molecule has 0 aliphatic carbocycles. The van der Waals surface area contributed by atoms with Gasteiger partial charge in [-0.1, -0.05) is 0 Å². The molecule has 0 aromatic carbocycles. The molecule has 0 spiro atoms. The molecule has 0 aromatic heterocycles. The average molecular weight is 141 g/mol. The van der Waals surface area contributed by atoms with Gasteiger partial charge in [0.05, 0.1) is 0 Å². The van der Waals surface area contributed by atoms with E-state index < -0.39 is 12.1 Å². The lowest BCUT2D eigenvalue weighted by atomic mass is 10.3. The van der Waals surface area contributed by atoms with Crippen LogP contribution in [0.25, 0.3) is 0 Å². The number of Topliss-reactive ketones (excluding diaryl/α,β-unsaturated/α-hetero) is 1. The molecule has 0 saturated carbocycles. The van der Waals surface area contributed by atoms with Crippen molar-refractivity contribution in [2.75, 3.05) is 0 Å². The zero-order valence-corrected chi connectivity index (χ0v) is 5.11. The number of aliphatic imine (C=N–C) groups is 2. The molecular formula is C4H7N5O. The number of nitrogens with two attached hydrogens (primary N) is 3. The quantitative estimate of drug-likeness (QED) is 0.346. The molecule has 0 unspecified atom stereocenters. The van der Waals surface area contributed by atoms with E-state index in [4.69, 9.17) is 17.2 Å². The van der Waals surface area contributed by atoms with Crippen molar-refractivity contribution in [3.8, 4) is 0 Å². The Morgan fingerprint density at radius 1 is 1.20 bits per heavy atom. The van der Waals surface area contributed by atoms with Crippen molar-refractivity contribution in [2.24, 2.45) is 27.2 Å². The smallest absolute Gasteiger partial charge is 0.261 e. The summed E-state index contributed by atoms with van der Waals surface area (Å²) in [5.41, 5.74) is 15.4. The number of amidine groups is 2. The number of carbonyl (C=O) groups excluding carboxylic acids is 1. The summed E-state index contributed by atoms with van der Waals surface area (Å²) in [5.74, 6) is -0.915. The Kier molecular flexibility index (Phi) is 1.38. The second-order valence-electron chi connectivity index (χ2n) is 1.77. The van der Waals surface area contributed by atoms with Gasteiger partial charge in [0.2, 0.25) is 0 Å². The molecule has 1 aliphatic rings. The van der Waals surface area contributed by atoms with E-state index in [2.05, 4.69) is 9.98 Å². The molecule has 1 aliphatic heterocycles. The van der Waals surface area contributed by atoms with Gasteiger partial charge in [-0.25, -0.2) is 9.98 Å². The Hall–Kier alpha value is -1.43. The second-order valence-corrected chi connectivity index (χ2v) is 1.77. The number of hydrogen-bond acceptors (Lipinski definition) is 6. The maximum atomic E-state index is 10.7. The van der Waals surface area contributed by atoms with Crippen LogP contribution in [0.3, 0.4) is 0 Å². The van der Waals surface area contributed by atoms with Crippen LogP contribution < -0.4 is 17.2 Å². The number of nitrogens with zero attached hydrogens (tertiary/aromatic N) is 2. The SMILES string of the molecule is NC1=NC(N)N=C(N)C1=O. The Balaban J connectivity index is 2.94. The van der Waals surface area contributed by atoms with Crippen LogP contribution in [0.1, 0.15) is 0 Å². The van der Waals surface area contributed by atoms with Crippen molar-refractivity contribution in [1.29, 1.82) is 0 Å². The summed E-state index contributed by atoms with van der Waals surface area (Å²) in [5, 5.41) is 0. The van der Waals surface area contributed by atoms with Gasteiger partial charge in [-0.3, -0.25) is 10.5 Å². The summed E-state index contributed by atoms with van der Waals surface area (Å²) in [7, 11) is 0. The Bertz CT molecular complexity index is 208. The summed E-state index contributed by atoms with van der Waals surface area (Å²) >= 11 is 0. The van der Waals surface area contributed by atoms with Crippen LogP contribution in [0, 0.1) is 0 Å². The van der Waals surface area contributed by atoms with Crippen LogP contribution >= 0.6 is 0 Å². The Labute approximate surface area is 56.8 Å². The first-order chi connectivity index (χ1) is 4.61. The maximum absolute atomic E-state index is 10.7. The Morgan fingerprint density at radius 3 is 2.00 bits per heavy atom. The fourth-order valence-corrected chi connectivity index (χ4v) is 0.562. The van der Waals surface area contributed by atoms with Crippen molar-refractivity contribution >= 4 is 17.5 Å². The lowest BCUT2D eigenvalue weighted by molar-refractivity contribution is -0.107. The second kappa shape index (κ2) is 2.07. The molecule has 10 heavy (non-hydrogen) atoms. The van der Waals surface area contributed by atoms with Gasteiger partial charge in [0.25, 0.3) is 5.78 Å². The topological polar surface area (TPSA) is 120 Å². The van der Waals surface area contributed by atoms with Gasteiger partial charge in [0.1, 0.15) is 0 Å². The van der Waals surface area contributed by atoms with E-state index in [1.165, 1.54) is 0 Å². The highest BCUT2D eigenvalue weighted by Gasteiger charge is 2.18. The van der Waals surface area contributed by atoms with Crippen LogP contribution in [0.4, 0.5) is 0 Å². The number of hydrogen-bond donors (Lipinski definition) is 3. The molecule has 1 rings (SSSR count). The van der Waals surface area contributed by atoms with Crippen LogP contribution in [-0.4, -0.2) is 23.7 Å². The fourth-order valence-electron chi connectivity index (χ4n) is 0.562. The number of rotatable bonds is 0. The van der Waals surface area contributed by atoms with E-state index in [9.17, 15) is 4.79 Å². The van der Waals surface area contributed by atoms with Gasteiger partial charge < -0.3 is 11.5 Å². The molecular weight excluding hydrogens is 134 g/mol. The lowest BCUT2D eigenvalue weighted by Crippen LogP contribution is -2.42. The highest BCUT2D eigenvalue weighted by atomic mass is 16.1. The molecule has 0 saturated heterocycles. The van der Waals surface area contributed by atoms with Gasteiger partial charge in [0, 0.05) is 0 Å². The van der Waals surface area contributed by atoms with E-state index in [0.717, 1.165) is 0 Å². The third-order valence-corrected chi connectivity index (χ3v) is 1.01. The van der Waals surface area contributed by atoms with Crippen LogP contribution in [0.2, 0.25) is 0 Å². The molecule has 0 atom stereocenters. The minimum absolute atomic E-state index is 0.181. The summed E-state index contributed by atoms with van der Waals surface area (Å²) in [4.78, 5) is 17.6. The number of carbonyl (C=O) groups is 1. The standard InChI is InChI=1S/C4H7N5O/c5-2-1(10)3(6)9-4(7)8-2/h4H,7H2,(H2,5,8)(H2,6,9). The highest BCUT2D eigenvalue weighted by molar-refractivity contribution is 6.65. The summed E-state index contributed by atoms with van der Waals surface area (Å²) in [6, 6.07) is 0. The minimum Gasteiger partial charge on any atom is -0.381 e. The summed E-state index contributed by atoms with van der Waals surface area (Å²) < 4.78 is 0. The van der Waals surface area contributed by atoms with Crippen LogP contribution in [-0.2, 0) is 4.79 Å². The van der Waals surface area contributed by atoms with Gasteiger partial charge in [-0.2, -0.15) is 0 Å². The molecule has 0 fully saturated rings. The molecule has 0 radical (unpaired) electrons. The van der Waals surface area contributed by atoms with Crippen molar-refractivity contribution in [3.63, 3.8) is 0 Å². The first-order valence-corrected chi connectivity index (χ1v) is 2.58. The van der Waals surface area contributed by atoms with E-state index >= 15 is 0 Å². The number of ketones is 1. The van der Waals surface area contributed by atoms with Crippen molar-refractivity contribution < 1.29 is 4.79 Å². The van der Waals surface area contributed by atoms with Crippen molar-refractivity contribution in [1.82, 2.24) is 0 Å². The largest absolute Gasteiger partial charge is 0.381 e. The van der Waals surface area contributed by atoms with Crippen LogP contribution in [0.15, 0.2) is 9.98 Å². The zero-order valence-electron chi connectivity index (χ0n) is 5.11. The summed E-state index contributed by atoms with van der Waals surface area (Å²) in [6.07, 6.45) is -0.822. The molecule has 0 aromatic rings. The van der Waals surface area contributed by atoms with E-state index in [1.54, 1.807) is 0 Å². The molecule has 54 valence electrons. The average Bonchev–Trinajstić information content (AvgIpc) is 1.82. The van der Waals surface area contributed by atoms with Crippen molar-refractivity contribution in [3.05, 3.63) is 0 Å². The highest BCUT2D eigenvalue weighted by Crippen LogP contribution is 1.92. The zero-order chi connectivity index (χ0) is 7.72. The fraction of sp³-hybridized carbons (Fsp3) is 0.250. The van der Waals surface area contributed by atoms with Gasteiger partial charge >= 0.3 is 0 Å². The van der Waals surface area contributed by atoms with E-state index in [1.807, 2.05) is 0 Å². The third-order valence-electron chi connectivity index (χ3n) is 1.01. The van der Waals surface area contributed by atoms with Gasteiger partial charge in [-0.05, 0) is 0 Å². The molecule has 6 heteroatoms. The predicted octanol–water partition coefficient (Wildman–Crippen LogP) is -2.47. The normalized spacial score (nSPS) is 20.3.